The standard InChI is InChI=1S/C21H32N4O4/c1-16-11-22-21(23-16)14-24(2)12-17-4-5-19(20(10-17)27-3)29-15-18(26)13-25-6-8-28-9-7-25/h4-5,10-11,18,26H,6-9,12-15H2,1-3H3,(H,22,23)/t18-/m0/s1. The molecule has 1 aliphatic rings. The van der Waals surface area contributed by atoms with Crippen molar-refractivity contribution in [2.24, 2.45) is 0 Å². The lowest BCUT2D eigenvalue weighted by molar-refractivity contribution is 0.00445. The number of nitrogens with zero attached hydrogens (tertiary/aromatic N) is 3. The molecular formula is C21H32N4O4. The second kappa shape index (κ2) is 10.6. The molecule has 8 nitrogen and oxygen atoms in total. The average molecular weight is 405 g/mol. The summed E-state index contributed by atoms with van der Waals surface area (Å²) in [4.78, 5) is 12.0. The summed E-state index contributed by atoms with van der Waals surface area (Å²) in [6.45, 7) is 7.44. The predicted octanol–water partition coefficient (Wildman–Crippen LogP) is 1.43. The lowest BCUT2D eigenvalue weighted by Gasteiger charge is -2.28. The molecule has 0 spiro atoms. The first-order chi connectivity index (χ1) is 14.0. The maximum Gasteiger partial charge on any atom is 0.161 e. The Morgan fingerprint density at radius 3 is 2.76 bits per heavy atom. The number of H-pyrrole nitrogens is 1. The van der Waals surface area contributed by atoms with Crippen molar-refractivity contribution < 1.29 is 19.3 Å². The Hall–Kier alpha value is -2.13. The topological polar surface area (TPSA) is 83.1 Å². The first-order valence-electron chi connectivity index (χ1n) is 10.0. The molecule has 1 fully saturated rings. The van der Waals surface area contributed by atoms with Gasteiger partial charge in [0.25, 0.3) is 0 Å². The first-order valence-corrected chi connectivity index (χ1v) is 10.0. The normalized spacial score (nSPS) is 16.2. The van der Waals surface area contributed by atoms with Crippen molar-refractivity contribution in [3.8, 4) is 11.5 Å². The monoisotopic (exact) mass is 404 g/mol. The number of nitrogens with one attached hydrogen (secondary N) is 1. The molecular weight excluding hydrogens is 372 g/mol. The van der Waals surface area contributed by atoms with Crippen LogP contribution in [0.2, 0.25) is 0 Å². The van der Waals surface area contributed by atoms with E-state index >= 15 is 0 Å². The maximum absolute atomic E-state index is 10.3. The van der Waals surface area contributed by atoms with Crippen molar-refractivity contribution in [2.75, 3.05) is 53.6 Å². The second-order valence-electron chi connectivity index (χ2n) is 7.55. The van der Waals surface area contributed by atoms with Gasteiger partial charge in [-0.25, -0.2) is 4.98 Å². The minimum Gasteiger partial charge on any atom is -0.493 e. The van der Waals surface area contributed by atoms with Crippen LogP contribution in [0.15, 0.2) is 24.4 Å². The van der Waals surface area contributed by atoms with Crippen LogP contribution in [0.25, 0.3) is 0 Å². The minimum atomic E-state index is -0.555. The summed E-state index contributed by atoms with van der Waals surface area (Å²) in [5.41, 5.74) is 2.18. The quantitative estimate of drug-likeness (QED) is 0.620. The van der Waals surface area contributed by atoms with E-state index < -0.39 is 6.10 Å². The zero-order valence-electron chi connectivity index (χ0n) is 17.6. The number of hydrogen-bond acceptors (Lipinski definition) is 7. The Morgan fingerprint density at radius 1 is 1.28 bits per heavy atom. The van der Waals surface area contributed by atoms with Crippen molar-refractivity contribution in [3.05, 3.63) is 41.5 Å². The summed E-state index contributed by atoms with van der Waals surface area (Å²) in [5.74, 6) is 2.26. The Morgan fingerprint density at radius 2 is 2.07 bits per heavy atom. The van der Waals surface area contributed by atoms with E-state index in [0.29, 0.717) is 18.0 Å². The van der Waals surface area contributed by atoms with Crippen LogP contribution < -0.4 is 9.47 Å². The Kier molecular flexibility index (Phi) is 7.88. The van der Waals surface area contributed by atoms with Gasteiger partial charge < -0.3 is 24.3 Å². The molecule has 0 bridgehead atoms. The third-order valence-corrected chi connectivity index (χ3v) is 4.86. The van der Waals surface area contributed by atoms with Crippen LogP contribution in [-0.2, 0) is 17.8 Å². The highest BCUT2D eigenvalue weighted by atomic mass is 16.5. The van der Waals surface area contributed by atoms with E-state index in [2.05, 4.69) is 26.8 Å². The fraction of sp³-hybridized carbons (Fsp3) is 0.571. The molecule has 1 aromatic heterocycles. The largest absolute Gasteiger partial charge is 0.493 e. The van der Waals surface area contributed by atoms with E-state index in [1.54, 1.807) is 7.11 Å². The molecule has 0 aliphatic carbocycles. The minimum absolute atomic E-state index is 0.227. The summed E-state index contributed by atoms with van der Waals surface area (Å²) in [6, 6.07) is 5.91. The summed E-state index contributed by atoms with van der Waals surface area (Å²) in [6.07, 6.45) is 1.28. The number of imidazole rings is 1. The number of aryl methyl sites for hydroxylation is 1. The van der Waals surface area contributed by atoms with Gasteiger partial charge in [-0.15, -0.1) is 0 Å². The van der Waals surface area contributed by atoms with Crippen LogP contribution in [0, 0.1) is 6.92 Å². The summed E-state index contributed by atoms with van der Waals surface area (Å²) in [5, 5.41) is 10.3. The number of morpholine rings is 1. The van der Waals surface area contributed by atoms with E-state index in [4.69, 9.17) is 14.2 Å². The number of hydrogen-bond donors (Lipinski definition) is 2. The summed E-state index contributed by atoms with van der Waals surface area (Å²) < 4.78 is 16.7. The van der Waals surface area contributed by atoms with Crippen LogP contribution in [0.5, 0.6) is 11.5 Å². The number of β-amino-alcohol motifs (C(OH)–C–C–N with tert-alkyl or cyclic N) is 1. The first kappa shape index (κ1) is 21.6. The van der Waals surface area contributed by atoms with Gasteiger partial charge in [-0.1, -0.05) is 6.07 Å². The van der Waals surface area contributed by atoms with E-state index in [1.165, 1.54) is 0 Å². The van der Waals surface area contributed by atoms with E-state index in [9.17, 15) is 5.11 Å². The van der Waals surface area contributed by atoms with Crippen LogP contribution in [0.3, 0.4) is 0 Å². The number of methoxy groups -OCH3 is 1. The molecule has 160 valence electrons. The zero-order valence-corrected chi connectivity index (χ0v) is 17.6. The molecule has 1 aromatic carbocycles. The molecule has 2 N–H and O–H groups in total. The maximum atomic E-state index is 10.3. The van der Waals surface area contributed by atoms with E-state index in [-0.39, 0.29) is 6.61 Å². The van der Waals surface area contributed by atoms with Gasteiger partial charge in [0.1, 0.15) is 18.5 Å². The average Bonchev–Trinajstić information content (AvgIpc) is 3.12. The van der Waals surface area contributed by atoms with Crippen molar-refractivity contribution >= 4 is 0 Å². The third-order valence-electron chi connectivity index (χ3n) is 4.86. The number of aliphatic hydroxyl groups excluding tert-OH is 1. The molecule has 1 aliphatic heterocycles. The number of aromatic nitrogens is 2. The molecule has 3 rings (SSSR count). The molecule has 0 unspecified atom stereocenters. The van der Waals surface area contributed by atoms with Crippen LogP contribution >= 0.6 is 0 Å². The van der Waals surface area contributed by atoms with Crippen molar-refractivity contribution in [3.63, 3.8) is 0 Å². The summed E-state index contributed by atoms with van der Waals surface area (Å²) >= 11 is 0. The van der Waals surface area contributed by atoms with Gasteiger partial charge in [-0.3, -0.25) is 9.80 Å². The lowest BCUT2D eigenvalue weighted by Crippen LogP contribution is -2.42. The van der Waals surface area contributed by atoms with Crippen LogP contribution in [0.1, 0.15) is 17.1 Å². The predicted molar refractivity (Wildman–Crippen MR) is 110 cm³/mol. The number of aliphatic hydroxyl groups is 1. The molecule has 8 heteroatoms. The number of ether oxygens (including phenoxy) is 3. The van der Waals surface area contributed by atoms with Gasteiger partial charge in [-0.2, -0.15) is 0 Å². The van der Waals surface area contributed by atoms with Crippen molar-refractivity contribution in [2.45, 2.75) is 26.1 Å². The SMILES string of the molecule is COc1cc(CN(C)Cc2ncc(C)[nH]2)ccc1OC[C@@H](O)CN1CCOCC1. The lowest BCUT2D eigenvalue weighted by atomic mass is 10.2. The molecule has 0 radical (unpaired) electrons. The molecule has 0 saturated carbocycles. The zero-order chi connectivity index (χ0) is 20.6. The molecule has 1 saturated heterocycles. The Balaban J connectivity index is 1.51. The highest BCUT2D eigenvalue weighted by molar-refractivity contribution is 5.43. The van der Waals surface area contributed by atoms with E-state index in [1.807, 2.05) is 31.3 Å². The van der Waals surface area contributed by atoms with E-state index in [0.717, 1.165) is 56.5 Å². The Bertz CT molecular complexity index is 761. The fourth-order valence-corrected chi connectivity index (χ4v) is 3.42. The highest BCUT2D eigenvalue weighted by Crippen LogP contribution is 2.28. The third kappa shape index (κ3) is 6.71. The number of benzene rings is 1. The van der Waals surface area contributed by atoms with Crippen molar-refractivity contribution in [1.82, 2.24) is 19.8 Å². The smallest absolute Gasteiger partial charge is 0.161 e. The Labute approximate surface area is 172 Å². The van der Waals surface area contributed by atoms with Gasteiger partial charge in [-0.05, 0) is 31.7 Å². The molecule has 2 aromatic rings. The van der Waals surface area contributed by atoms with Crippen LogP contribution in [-0.4, -0.2) is 84.6 Å². The van der Waals surface area contributed by atoms with Gasteiger partial charge in [0.05, 0.1) is 26.9 Å². The fourth-order valence-electron chi connectivity index (χ4n) is 3.42. The highest BCUT2D eigenvalue weighted by Gasteiger charge is 2.16. The molecule has 1 atom stereocenters. The number of rotatable bonds is 10. The molecule has 2 heterocycles. The van der Waals surface area contributed by atoms with Crippen LogP contribution in [0.4, 0.5) is 0 Å². The molecule has 29 heavy (non-hydrogen) atoms. The molecule has 0 amide bonds. The summed E-state index contributed by atoms with van der Waals surface area (Å²) in [7, 11) is 3.68. The van der Waals surface area contributed by atoms with Gasteiger partial charge in [0, 0.05) is 38.1 Å². The van der Waals surface area contributed by atoms with Gasteiger partial charge >= 0.3 is 0 Å². The second-order valence-corrected chi connectivity index (χ2v) is 7.55. The van der Waals surface area contributed by atoms with Crippen molar-refractivity contribution in [1.29, 1.82) is 0 Å². The van der Waals surface area contributed by atoms with Gasteiger partial charge in [0.15, 0.2) is 11.5 Å². The number of aromatic amines is 1. The van der Waals surface area contributed by atoms with Gasteiger partial charge in [0.2, 0.25) is 0 Å².